The summed E-state index contributed by atoms with van der Waals surface area (Å²) >= 11 is 0. The Kier molecular flexibility index (Phi) is 9.43. The summed E-state index contributed by atoms with van der Waals surface area (Å²) in [6.07, 6.45) is -2.67. The maximum absolute atomic E-state index is 13.5. The third-order valence-electron chi connectivity index (χ3n) is 4.62. The Morgan fingerprint density at radius 3 is 2.61 bits per heavy atom. The van der Waals surface area contributed by atoms with Crippen LogP contribution in [-0.4, -0.2) is 51.6 Å². The van der Waals surface area contributed by atoms with E-state index in [0.717, 1.165) is 32.1 Å². The van der Waals surface area contributed by atoms with Crippen molar-refractivity contribution in [1.29, 1.82) is 0 Å². The van der Waals surface area contributed by atoms with E-state index >= 15 is 0 Å². The predicted molar refractivity (Wildman–Crippen MR) is 114 cm³/mol. The zero-order valence-electron chi connectivity index (χ0n) is 18.8. The molecule has 0 aliphatic carbocycles. The molecule has 1 atom stereocenters. The van der Waals surface area contributed by atoms with Crippen molar-refractivity contribution in [3.8, 4) is 5.75 Å². The maximum Gasteiger partial charge on any atom is 0.416 e. The Morgan fingerprint density at radius 2 is 2.00 bits per heavy atom. The molecule has 0 saturated carbocycles. The second-order valence-corrected chi connectivity index (χ2v) is 8.54. The standard InChI is InChI=1S/C22H34F3N3O3/c1-21(2,3)31-18-7-6-17(19(12-18)22(23,24)25)13-28-20(26-4)27-9-5-10-29-14-16-8-11-30-15-16/h6-7,12,16H,5,8-11,13-15H2,1-4H3,(H2,26,27,28). The van der Waals surface area contributed by atoms with Crippen LogP contribution in [0.15, 0.2) is 23.2 Å². The van der Waals surface area contributed by atoms with E-state index < -0.39 is 17.3 Å². The highest BCUT2D eigenvalue weighted by molar-refractivity contribution is 5.79. The van der Waals surface area contributed by atoms with Crippen LogP contribution in [-0.2, 0) is 22.2 Å². The normalized spacial score (nSPS) is 17.6. The number of nitrogens with one attached hydrogen (secondary N) is 2. The molecule has 0 radical (unpaired) electrons. The first kappa shape index (κ1) is 25.3. The van der Waals surface area contributed by atoms with E-state index in [9.17, 15) is 13.2 Å². The third kappa shape index (κ3) is 9.35. The molecule has 2 N–H and O–H groups in total. The highest BCUT2D eigenvalue weighted by Gasteiger charge is 2.34. The average Bonchev–Trinajstić information content (AvgIpc) is 3.19. The molecular weight excluding hydrogens is 411 g/mol. The number of hydrogen-bond donors (Lipinski definition) is 2. The van der Waals surface area contributed by atoms with Crippen LogP contribution in [0.1, 0.15) is 44.7 Å². The van der Waals surface area contributed by atoms with Gasteiger partial charge in [0.2, 0.25) is 0 Å². The first-order valence-corrected chi connectivity index (χ1v) is 10.6. The van der Waals surface area contributed by atoms with Crippen molar-refractivity contribution in [1.82, 2.24) is 10.6 Å². The molecule has 1 aliphatic rings. The zero-order chi connectivity index (χ0) is 22.9. The van der Waals surface area contributed by atoms with Gasteiger partial charge in [-0.05, 0) is 51.3 Å². The molecular formula is C22H34F3N3O3. The molecule has 1 aromatic rings. The summed E-state index contributed by atoms with van der Waals surface area (Å²) in [5, 5.41) is 6.04. The summed E-state index contributed by atoms with van der Waals surface area (Å²) in [4.78, 5) is 4.07. The second-order valence-electron chi connectivity index (χ2n) is 8.54. The van der Waals surface area contributed by atoms with Crippen LogP contribution in [0.2, 0.25) is 0 Å². The van der Waals surface area contributed by atoms with Crippen LogP contribution in [0.5, 0.6) is 5.75 Å². The number of benzene rings is 1. The van der Waals surface area contributed by atoms with Gasteiger partial charge >= 0.3 is 6.18 Å². The van der Waals surface area contributed by atoms with Gasteiger partial charge < -0.3 is 24.8 Å². The molecule has 0 bridgehead atoms. The number of nitrogens with zero attached hydrogens (tertiary/aromatic N) is 1. The maximum atomic E-state index is 13.5. The van der Waals surface area contributed by atoms with E-state index in [-0.39, 0.29) is 17.9 Å². The molecule has 1 unspecified atom stereocenters. The van der Waals surface area contributed by atoms with E-state index in [1.54, 1.807) is 33.9 Å². The SMILES string of the molecule is CN=C(NCCCOCC1CCOC1)NCc1ccc(OC(C)(C)C)cc1C(F)(F)F. The van der Waals surface area contributed by atoms with Crippen molar-refractivity contribution in [2.45, 2.75) is 51.9 Å². The lowest BCUT2D eigenvalue weighted by Gasteiger charge is -2.23. The summed E-state index contributed by atoms with van der Waals surface area (Å²) in [6.45, 7) is 8.83. The van der Waals surface area contributed by atoms with Gasteiger partial charge in [-0.2, -0.15) is 13.2 Å². The van der Waals surface area contributed by atoms with Crippen molar-refractivity contribution in [3.05, 3.63) is 29.3 Å². The third-order valence-corrected chi connectivity index (χ3v) is 4.62. The number of halogens is 3. The first-order valence-electron chi connectivity index (χ1n) is 10.6. The Balaban J connectivity index is 1.82. The highest BCUT2D eigenvalue weighted by atomic mass is 19.4. The molecule has 1 aliphatic heterocycles. The summed E-state index contributed by atoms with van der Waals surface area (Å²) in [5.74, 6) is 1.10. The highest BCUT2D eigenvalue weighted by Crippen LogP contribution is 2.35. The Morgan fingerprint density at radius 1 is 1.23 bits per heavy atom. The van der Waals surface area contributed by atoms with Gasteiger partial charge in [0.05, 0.1) is 18.8 Å². The molecule has 0 aromatic heterocycles. The van der Waals surface area contributed by atoms with Crippen LogP contribution in [0, 0.1) is 5.92 Å². The van der Waals surface area contributed by atoms with Crippen molar-refractivity contribution < 1.29 is 27.4 Å². The molecule has 31 heavy (non-hydrogen) atoms. The first-order chi connectivity index (χ1) is 14.6. The molecule has 9 heteroatoms. The molecule has 0 amide bonds. The minimum atomic E-state index is -4.48. The molecule has 1 fully saturated rings. The van der Waals surface area contributed by atoms with Crippen molar-refractivity contribution in [2.24, 2.45) is 10.9 Å². The van der Waals surface area contributed by atoms with Gasteiger partial charge in [0.1, 0.15) is 11.4 Å². The Hall–Kier alpha value is -2.00. The van der Waals surface area contributed by atoms with Crippen LogP contribution in [0.3, 0.4) is 0 Å². The van der Waals surface area contributed by atoms with Gasteiger partial charge in [-0.25, -0.2) is 0 Å². The number of guanidine groups is 1. The van der Waals surface area contributed by atoms with Crippen molar-refractivity contribution in [2.75, 3.05) is 40.0 Å². The number of ether oxygens (including phenoxy) is 3. The minimum Gasteiger partial charge on any atom is -0.488 e. The van der Waals surface area contributed by atoms with Gasteiger partial charge in [0, 0.05) is 39.3 Å². The van der Waals surface area contributed by atoms with Gasteiger partial charge in [-0.3, -0.25) is 4.99 Å². The van der Waals surface area contributed by atoms with E-state index in [0.29, 0.717) is 31.6 Å². The molecule has 0 spiro atoms. The zero-order valence-corrected chi connectivity index (χ0v) is 18.8. The van der Waals surface area contributed by atoms with Gasteiger partial charge in [-0.1, -0.05) is 6.07 Å². The topological polar surface area (TPSA) is 64.1 Å². The van der Waals surface area contributed by atoms with E-state index in [1.807, 2.05) is 0 Å². The Bertz CT molecular complexity index is 712. The number of rotatable bonds is 9. The van der Waals surface area contributed by atoms with Crippen molar-refractivity contribution in [3.63, 3.8) is 0 Å². The van der Waals surface area contributed by atoms with E-state index in [2.05, 4.69) is 15.6 Å². The lowest BCUT2D eigenvalue weighted by molar-refractivity contribution is -0.138. The lowest BCUT2D eigenvalue weighted by Crippen LogP contribution is -2.38. The summed E-state index contributed by atoms with van der Waals surface area (Å²) in [5.41, 5.74) is -1.18. The van der Waals surface area contributed by atoms with Crippen LogP contribution in [0.25, 0.3) is 0 Å². The number of hydrogen-bond acceptors (Lipinski definition) is 4. The van der Waals surface area contributed by atoms with Gasteiger partial charge in [-0.15, -0.1) is 0 Å². The Labute approximate surface area is 182 Å². The summed E-state index contributed by atoms with van der Waals surface area (Å²) in [7, 11) is 1.58. The predicted octanol–water partition coefficient (Wildman–Crippen LogP) is 3.99. The number of aliphatic imine (C=N–C) groups is 1. The number of alkyl halides is 3. The molecule has 176 valence electrons. The van der Waals surface area contributed by atoms with E-state index in [1.165, 1.54) is 6.07 Å². The lowest BCUT2D eigenvalue weighted by atomic mass is 10.1. The summed E-state index contributed by atoms with van der Waals surface area (Å²) < 4.78 is 57.2. The fraction of sp³-hybridized carbons (Fsp3) is 0.682. The molecule has 1 saturated heterocycles. The average molecular weight is 446 g/mol. The minimum absolute atomic E-state index is 0.0114. The molecule has 1 aromatic carbocycles. The molecule has 2 rings (SSSR count). The van der Waals surface area contributed by atoms with Crippen molar-refractivity contribution >= 4 is 5.96 Å². The fourth-order valence-corrected chi connectivity index (χ4v) is 3.14. The smallest absolute Gasteiger partial charge is 0.416 e. The van der Waals surface area contributed by atoms with E-state index in [4.69, 9.17) is 14.2 Å². The fourth-order valence-electron chi connectivity index (χ4n) is 3.14. The summed E-state index contributed by atoms with van der Waals surface area (Å²) in [6, 6.07) is 4.04. The monoisotopic (exact) mass is 445 g/mol. The van der Waals surface area contributed by atoms with Crippen LogP contribution < -0.4 is 15.4 Å². The quantitative estimate of drug-likeness (QED) is 0.342. The second kappa shape index (κ2) is 11.6. The van der Waals surface area contributed by atoms with Crippen LogP contribution >= 0.6 is 0 Å². The van der Waals surface area contributed by atoms with Crippen LogP contribution in [0.4, 0.5) is 13.2 Å². The molecule has 1 heterocycles. The molecule has 6 nitrogen and oxygen atoms in total. The van der Waals surface area contributed by atoms with Gasteiger partial charge in [0.25, 0.3) is 0 Å². The largest absolute Gasteiger partial charge is 0.488 e. The van der Waals surface area contributed by atoms with Gasteiger partial charge in [0.15, 0.2) is 5.96 Å².